The average molecular weight is 420 g/mol. The molecule has 1 saturated heterocycles. The third kappa shape index (κ3) is 7.67. The molecule has 1 fully saturated rings. The van der Waals surface area contributed by atoms with Gasteiger partial charge in [-0.1, -0.05) is 0 Å². The summed E-state index contributed by atoms with van der Waals surface area (Å²) in [5.41, 5.74) is 0.219. The zero-order valence-corrected chi connectivity index (χ0v) is 18.6. The van der Waals surface area contributed by atoms with E-state index in [2.05, 4.69) is 0 Å². The Kier molecular flexibility index (Phi) is 8.23. The van der Waals surface area contributed by atoms with Crippen LogP contribution >= 0.6 is 0 Å². The number of carbonyl (C=O) groups excluding carboxylic acids is 3. The SMILES string of the molecule is CN(C)CCN(CC(=O)OC(C)(C)C)C(=O)COc1ccc(N2CCCC2=O)cc1. The number of esters is 1. The van der Waals surface area contributed by atoms with E-state index < -0.39 is 11.6 Å². The molecule has 0 bridgehead atoms. The van der Waals surface area contributed by atoms with Gasteiger partial charge in [-0.25, -0.2) is 0 Å². The predicted octanol–water partition coefficient (Wildman–Crippen LogP) is 1.92. The summed E-state index contributed by atoms with van der Waals surface area (Å²) in [6, 6.07) is 7.11. The molecular weight excluding hydrogens is 386 g/mol. The zero-order valence-electron chi connectivity index (χ0n) is 18.6. The van der Waals surface area contributed by atoms with Crippen LogP contribution in [-0.4, -0.2) is 80.1 Å². The highest BCUT2D eigenvalue weighted by atomic mass is 16.6. The minimum atomic E-state index is -0.609. The molecule has 30 heavy (non-hydrogen) atoms. The second kappa shape index (κ2) is 10.4. The average Bonchev–Trinajstić information content (AvgIpc) is 3.08. The molecule has 2 rings (SSSR count). The van der Waals surface area contributed by atoms with Gasteiger partial charge in [-0.3, -0.25) is 14.4 Å². The van der Waals surface area contributed by atoms with Gasteiger partial charge in [0.2, 0.25) is 5.91 Å². The molecule has 0 atom stereocenters. The van der Waals surface area contributed by atoms with Gasteiger partial charge >= 0.3 is 5.97 Å². The molecule has 0 saturated carbocycles. The summed E-state index contributed by atoms with van der Waals surface area (Å²) in [7, 11) is 3.80. The maximum atomic E-state index is 12.7. The van der Waals surface area contributed by atoms with Crippen molar-refractivity contribution < 1.29 is 23.9 Å². The monoisotopic (exact) mass is 419 g/mol. The van der Waals surface area contributed by atoms with E-state index in [0.29, 0.717) is 25.3 Å². The van der Waals surface area contributed by atoms with Gasteiger partial charge in [0.15, 0.2) is 6.61 Å². The number of hydrogen-bond acceptors (Lipinski definition) is 6. The molecule has 1 aromatic rings. The third-order valence-corrected chi connectivity index (χ3v) is 4.49. The van der Waals surface area contributed by atoms with E-state index in [1.54, 1.807) is 37.8 Å². The molecule has 1 aliphatic heterocycles. The molecule has 2 amide bonds. The topological polar surface area (TPSA) is 79.4 Å². The molecule has 0 N–H and O–H groups in total. The van der Waals surface area contributed by atoms with Crippen molar-refractivity contribution in [3.8, 4) is 5.75 Å². The van der Waals surface area contributed by atoms with Crippen molar-refractivity contribution in [2.45, 2.75) is 39.2 Å². The first-order valence-electron chi connectivity index (χ1n) is 10.2. The fraction of sp³-hybridized carbons (Fsp3) is 0.591. The second-order valence-electron chi connectivity index (χ2n) is 8.64. The Morgan fingerprint density at radius 2 is 1.77 bits per heavy atom. The minimum Gasteiger partial charge on any atom is -0.484 e. The van der Waals surface area contributed by atoms with Gasteiger partial charge in [0.05, 0.1) is 0 Å². The highest BCUT2D eigenvalue weighted by molar-refractivity contribution is 5.95. The molecule has 1 aromatic carbocycles. The molecule has 0 unspecified atom stereocenters. The van der Waals surface area contributed by atoms with Crippen molar-refractivity contribution in [1.29, 1.82) is 0 Å². The molecule has 0 radical (unpaired) electrons. The number of hydrogen-bond donors (Lipinski definition) is 0. The molecule has 0 aromatic heterocycles. The van der Waals surface area contributed by atoms with Gasteiger partial charge in [0.1, 0.15) is 17.9 Å². The van der Waals surface area contributed by atoms with Gasteiger partial charge < -0.3 is 24.2 Å². The predicted molar refractivity (Wildman–Crippen MR) is 115 cm³/mol. The lowest BCUT2D eigenvalue weighted by Crippen LogP contribution is -2.43. The Hall–Kier alpha value is -2.61. The van der Waals surface area contributed by atoms with Crippen molar-refractivity contribution in [2.75, 3.05) is 51.8 Å². The van der Waals surface area contributed by atoms with Crippen LogP contribution in [0.2, 0.25) is 0 Å². The first-order chi connectivity index (χ1) is 14.0. The summed E-state index contributed by atoms with van der Waals surface area (Å²) in [5, 5.41) is 0. The van der Waals surface area contributed by atoms with Crippen LogP contribution in [0.3, 0.4) is 0 Å². The highest BCUT2D eigenvalue weighted by Crippen LogP contribution is 2.23. The first-order valence-corrected chi connectivity index (χ1v) is 10.2. The Morgan fingerprint density at radius 3 is 2.30 bits per heavy atom. The summed E-state index contributed by atoms with van der Waals surface area (Å²) >= 11 is 0. The van der Waals surface area contributed by atoms with E-state index in [0.717, 1.165) is 18.7 Å². The van der Waals surface area contributed by atoms with Crippen molar-refractivity contribution in [2.24, 2.45) is 0 Å². The Bertz CT molecular complexity index is 740. The fourth-order valence-corrected chi connectivity index (χ4v) is 3.02. The molecular formula is C22H33N3O5. The first kappa shape index (κ1) is 23.7. The fourth-order valence-electron chi connectivity index (χ4n) is 3.02. The number of ether oxygens (including phenoxy) is 2. The van der Waals surface area contributed by atoms with Crippen LogP contribution < -0.4 is 9.64 Å². The highest BCUT2D eigenvalue weighted by Gasteiger charge is 2.23. The number of rotatable bonds is 9. The summed E-state index contributed by atoms with van der Waals surface area (Å²) in [6.45, 7) is 6.81. The van der Waals surface area contributed by atoms with Gasteiger partial charge in [0, 0.05) is 31.7 Å². The summed E-state index contributed by atoms with van der Waals surface area (Å²) < 4.78 is 11.0. The van der Waals surface area contributed by atoms with Crippen molar-refractivity contribution >= 4 is 23.5 Å². The maximum absolute atomic E-state index is 12.7. The smallest absolute Gasteiger partial charge is 0.326 e. The van der Waals surface area contributed by atoms with Crippen LogP contribution in [0.25, 0.3) is 0 Å². The standard InChI is InChI=1S/C22H33N3O5/c1-22(2,3)30-21(28)15-24(14-13-23(4)5)20(27)16-29-18-10-8-17(9-11-18)25-12-6-7-19(25)26/h8-11H,6-7,12-16H2,1-5H3. The summed E-state index contributed by atoms with van der Waals surface area (Å²) in [6.07, 6.45) is 1.44. The van der Waals surface area contributed by atoms with Crippen LogP contribution in [0.4, 0.5) is 5.69 Å². The Balaban J connectivity index is 1.93. The quantitative estimate of drug-likeness (QED) is 0.569. The largest absolute Gasteiger partial charge is 0.484 e. The number of anilines is 1. The normalized spacial score (nSPS) is 14.2. The molecule has 166 valence electrons. The second-order valence-corrected chi connectivity index (χ2v) is 8.64. The van der Waals surface area contributed by atoms with Crippen molar-refractivity contribution in [3.05, 3.63) is 24.3 Å². The lowest BCUT2D eigenvalue weighted by Gasteiger charge is -2.26. The van der Waals surface area contributed by atoms with Gasteiger partial charge in [-0.15, -0.1) is 0 Å². The van der Waals surface area contributed by atoms with Crippen LogP contribution in [0.15, 0.2) is 24.3 Å². The van der Waals surface area contributed by atoms with Crippen LogP contribution in [-0.2, 0) is 19.1 Å². The lowest BCUT2D eigenvalue weighted by molar-refractivity contribution is -0.159. The maximum Gasteiger partial charge on any atom is 0.326 e. The van der Waals surface area contributed by atoms with Crippen LogP contribution in [0.1, 0.15) is 33.6 Å². The minimum absolute atomic E-state index is 0.122. The Labute approximate surface area is 178 Å². The molecule has 0 aliphatic carbocycles. The summed E-state index contributed by atoms with van der Waals surface area (Å²) in [4.78, 5) is 41.8. The third-order valence-electron chi connectivity index (χ3n) is 4.49. The van der Waals surface area contributed by atoms with Gasteiger partial charge in [0.25, 0.3) is 5.91 Å². The number of amides is 2. The van der Waals surface area contributed by atoms with Crippen LogP contribution in [0, 0.1) is 0 Å². The molecule has 1 heterocycles. The van der Waals surface area contributed by atoms with E-state index in [1.165, 1.54) is 4.90 Å². The number of likely N-dealkylation sites (N-methyl/N-ethyl adjacent to an activating group) is 1. The Morgan fingerprint density at radius 1 is 1.10 bits per heavy atom. The number of carbonyl (C=O) groups is 3. The molecule has 8 heteroatoms. The van der Waals surface area contributed by atoms with E-state index in [4.69, 9.17) is 9.47 Å². The lowest BCUT2D eigenvalue weighted by atomic mass is 10.2. The van der Waals surface area contributed by atoms with Crippen molar-refractivity contribution in [1.82, 2.24) is 9.80 Å². The van der Waals surface area contributed by atoms with Crippen LogP contribution in [0.5, 0.6) is 5.75 Å². The van der Waals surface area contributed by atoms with E-state index in [9.17, 15) is 14.4 Å². The number of nitrogens with zero attached hydrogens (tertiary/aromatic N) is 3. The van der Waals surface area contributed by atoms with Gasteiger partial charge in [-0.2, -0.15) is 0 Å². The molecule has 0 spiro atoms. The van der Waals surface area contributed by atoms with E-state index >= 15 is 0 Å². The summed E-state index contributed by atoms with van der Waals surface area (Å²) in [5.74, 6) is -0.0863. The van der Waals surface area contributed by atoms with Crippen molar-refractivity contribution in [3.63, 3.8) is 0 Å². The van der Waals surface area contributed by atoms with E-state index in [-0.39, 0.29) is 25.0 Å². The van der Waals surface area contributed by atoms with E-state index in [1.807, 2.05) is 31.1 Å². The van der Waals surface area contributed by atoms with Gasteiger partial charge in [-0.05, 0) is 65.6 Å². The molecule has 1 aliphatic rings. The zero-order chi connectivity index (χ0) is 22.3. The molecule has 8 nitrogen and oxygen atoms in total. The number of benzene rings is 1.